The fraction of sp³-hybridized carbons (Fsp3) is 0.529. The highest BCUT2D eigenvalue weighted by molar-refractivity contribution is 5.77. The molecule has 2 atom stereocenters. The maximum atomic E-state index is 6.48. The molecular weight excluding hydrogens is 250 g/mol. The van der Waals surface area contributed by atoms with Gasteiger partial charge in [-0.2, -0.15) is 0 Å². The van der Waals surface area contributed by atoms with Gasteiger partial charge in [-0.3, -0.25) is 0 Å². The van der Waals surface area contributed by atoms with Gasteiger partial charge in [-0.15, -0.1) is 0 Å². The van der Waals surface area contributed by atoms with Gasteiger partial charge in [0, 0.05) is 12.0 Å². The largest absolute Gasteiger partial charge is 0.459 e. The van der Waals surface area contributed by atoms with Crippen molar-refractivity contribution in [1.29, 1.82) is 0 Å². The zero-order chi connectivity index (χ0) is 13.6. The molecule has 1 saturated heterocycles. The van der Waals surface area contributed by atoms with Gasteiger partial charge in [0.2, 0.25) is 0 Å². The Kier molecular flexibility index (Phi) is 2.86. The third-order valence-corrected chi connectivity index (χ3v) is 5.08. The Labute approximate surface area is 119 Å². The number of hydrogen-bond acceptors (Lipinski definition) is 3. The molecule has 3 nitrogen and oxygen atoms in total. The van der Waals surface area contributed by atoms with Gasteiger partial charge in [-0.25, -0.2) is 0 Å². The van der Waals surface area contributed by atoms with E-state index in [1.54, 1.807) is 0 Å². The number of nitrogens with two attached hydrogens (primary N) is 1. The molecule has 1 aliphatic carbocycles. The van der Waals surface area contributed by atoms with E-state index < -0.39 is 0 Å². The Morgan fingerprint density at radius 2 is 2.10 bits per heavy atom. The molecule has 2 unspecified atom stereocenters. The molecule has 1 saturated carbocycles. The fourth-order valence-electron chi connectivity index (χ4n) is 3.69. The lowest BCUT2D eigenvalue weighted by Crippen LogP contribution is -2.47. The summed E-state index contributed by atoms with van der Waals surface area (Å²) >= 11 is 0. The van der Waals surface area contributed by atoms with E-state index in [0.29, 0.717) is 5.92 Å². The minimum atomic E-state index is -0.0104. The monoisotopic (exact) mass is 271 g/mol. The van der Waals surface area contributed by atoms with Gasteiger partial charge in [0.25, 0.3) is 0 Å². The Balaban J connectivity index is 1.58. The number of ether oxygens (including phenoxy) is 1. The van der Waals surface area contributed by atoms with Crippen LogP contribution in [0.1, 0.15) is 43.9 Å². The molecule has 106 valence electrons. The zero-order valence-corrected chi connectivity index (χ0v) is 11.7. The Morgan fingerprint density at radius 3 is 2.85 bits per heavy atom. The minimum Gasteiger partial charge on any atom is -0.459 e. The second-order valence-corrected chi connectivity index (χ2v) is 6.35. The van der Waals surface area contributed by atoms with E-state index in [4.69, 9.17) is 14.9 Å². The van der Waals surface area contributed by atoms with Crippen LogP contribution in [0.15, 0.2) is 34.7 Å². The molecule has 0 bridgehead atoms. The van der Waals surface area contributed by atoms with Gasteiger partial charge in [-0.1, -0.05) is 18.2 Å². The lowest BCUT2D eigenvalue weighted by Gasteiger charge is -2.48. The van der Waals surface area contributed by atoms with E-state index in [9.17, 15) is 0 Å². The molecule has 2 aliphatic rings. The first-order chi connectivity index (χ1) is 9.76. The second kappa shape index (κ2) is 4.61. The standard InChI is InChI=1S/C17H21NO2/c18-16(13-6-9-19-17(11-13)7-3-8-17)15-10-12-4-1-2-5-14(12)20-15/h1-2,4-5,10,13,16H,3,6-9,11,18H2. The van der Waals surface area contributed by atoms with E-state index in [0.717, 1.165) is 36.2 Å². The molecule has 0 amide bonds. The van der Waals surface area contributed by atoms with Gasteiger partial charge in [0.15, 0.2) is 0 Å². The summed E-state index contributed by atoms with van der Waals surface area (Å²) < 4.78 is 11.9. The summed E-state index contributed by atoms with van der Waals surface area (Å²) in [5, 5.41) is 1.14. The Hall–Kier alpha value is -1.32. The van der Waals surface area contributed by atoms with E-state index in [1.165, 1.54) is 19.3 Å². The molecule has 2 fully saturated rings. The number of hydrogen-bond donors (Lipinski definition) is 1. The van der Waals surface area contributed by atoms with E-state index in [-0.39, 0.29) is 11.6 Å². The highest BCUT2D eigenvalue weighted by Crippen LogP contribution is 2.47. The first-order valence-electron chi connectivity index (χ1n) is 7.64. The summed E-state index contributed by atoms with van der Waals surface area (Å²) in [7, 11) is 0. The first-order valence-corrected chi connectivity index (χ1v) is 7.64. The SMILES string of the molecule is NC(c1cc2ccccc2o1)C1CCOC2(CCC2)C1. The van der Waals surface area contributed by atoms with Crippen molar-refractivity contribution in [2.45, 2.75) is 43.7 Å². The molecule has 1 aliphatic heterocycles. The molecule has 2 aromatic rings. The van der Waals surface area contributed by atoms with Crippen molar-refractivity contribution in [2.75, 3.05) is 6.61 Å². The highest BCUT2D eigenvalue weighted by atomic mass is 16.5. The summed E-state index contributed by atoms with van der Waals surface area (Å²) in [5.41, 5.74) is 7.56. The summed E-state index contributed by atoms with van der Waals surface area (Å²) in [6.07, 6.45) is 5.84. The van der Waals surface area contributed by atoms with Crippen LogP contribution in [0.5, 0.6) is 0 Å². The number of furan rings is 1. The quantitative estimate of drug-likeness (QED) is 0.904. The molecule has 1 aromatic carbocycles. The van der Waals surface area contributed by atoms with Crippen LogP contribution < -0.4 is 5.73 Å². The van der Waals surface area contributed by atoms with Crippen molar-refractivity contribution in [3.8, 4) is 0 Å². The van der Waals surface area contributed by atoms with Crippen molar-refractivity contribution in [2.24, 2.45) is 11.7 Å². The Morgan fingerprint density at radius 1 is 1.25 bits per heavy atom. The topological polar surface area (TPSA) is 48.4 Å². The van der Waals surface area contributed by atoms with Crippen LogP contribution in [-0.2, 0) is 4.74 Å². The second-order valence-electron chi connectivity index (χ2n) is 6.35. The molecule has 1 aromatic heterocycles. The summed E-state index contributed by atoms with van der Waals surface area (Å²) in [4.78, 5) is 0. The van der Waals surface area contributed by atoms with Crippen LogP contribution in [0.3, 0.4) is 0 Å². The van der Waals surface area contributed by atoms with Gasteiger partial charge in [-0.05, 0) is 50.2 Å². The van der Waals surface area contributed by atoms with Crippen molar-refractivity contribution >= 4 is 11.0 Å². The van der Waals surface area contributed by atoms with Gasteiger partial charge in [0.1, 0.15) is 11.3 Å². The summed E-state index contributed by atoms with van der Waals surface area (Å²) in [5.74, 6) is 1.40. The third kappa shape index (κ3) is 1.97. The maximum absolute atomic E-state index is 6.48. The minimum absolute atomic E-state index is 0.0104. The van der Waals surface area contributed by atoms with E-state index >= 15 is 0 Å². The number of fused-ring (bicyclic) bond motifs is 1. The average Bonchev–Trinajstić information content (AvgIpc) is 2.89. The fourth-order valence-corrected chi connectivity index (χ4v) is 3.69. The zero-order valence-electron chi connectivity index (χ0n) is 11.7. The van der Waals surface area contributed by atoms with E-state index in [2.05, 4.69) is 12.1 Å². The number of benzene rings is 1. The summed E-state index contributed by atoms with van der Waals surface area (Å²) in [6, 6.07) is 10.2. The molecule has 2 N–H and O–H groups in total. The van der Waals surface area contributed by atoms with Crippen LogP contribution in [0.4, 0.5) is 0 Å². The number of para-hydroxylation sites is 1. The van der Waals surface area contributed by atoms with Gasteiger partial charge >= 0.3 is 0 Å². The molecular formula is C17H21NO2. The van der Waals surface area contributed by atoms with Crippen molar-refractivity contribution in [3.63, 3.8) is 0 Å². The van der Waals surface area contributed by atoms with Crippen LogP contribution in [0, 0.1) is 5.92 Å². The highest BCUT2D eigenvalue weighted by Gasteiger charge is 2.44. The first kappa shape index (κ1) is 12.4. The molecule has 20 heavy (non-hydrogen) atoms. The molecule has 1 spiro atoms. The molecule has 4 rings (SSSR count). The van der Waals surface area contributed by atoms with Crippen LogP contribution in [0.2, 0.25) is 0 Å². The predicted octanol–water partition coefficient (Wildman–Crippen LogP) is 3.78. The normalized spacial score (nSPS) is 26.6. The lowest BCUT2D eigenvalue weighted by atomic mass is 9.70. The van der Waals surface area contributed by atoms with Gasteiger partial charge < -0.3 is 14.9 Å². The summed E-state index contributed by atoms with van der Waals surface area (Å²) in [6.45, 7) is 0.846. The molecule has 3 heteroatoms. The van der Waals surface area contributed by atoms with Crippen LogP contribution in [0.25, 0.3) is 11.0 Å². The maximum Gasteiger partial charge on any atom is 0.134 e. The molecule has 0 radical (unpaired) electrons. The van der Waals surface area contributed by atoms with Crippen molar-refractivity contribution in [3.05, 3.63) is 36.1 Å². The van der Waals surface area contributed by atoms with Crippen molar-refractivity contribution < 1.29 is 9.15 Å². The van der Waals surface area contributed by atoms with E-state index in [1.807, 2.05) is 18.2 Å². The molecule has 2 heterocycles. The van der Waals surface area contributed by atoms with Crippen molar-refractivity contribution in [1.82, 2.24) is 0 Å². The lowest BCUT2D eigenvalue weighted by molar-refractivity contribution is -0.146. The predicted molar refractivity (Wildman–Crippen MR) is 78.4 cm³/mol. The van der Waals surface area contributed by atoms with Crippen LogP contribution in [-0.4, -0.2) is 12.2 Å². The Bertz CT molecular complexity index is 581. The number of rotatable bonds is 2. The van der Waals surface area contributed by atoms with Gasteiger partial charge in [0.05, 0.1) is 11.6 Å². The smallest absolute Gasteiger partial charge is 0.134 e. The third-order valence-electron chi connectivity index (χ3n) is 5.08. The average molecular weight is 271 g/mol. The van der Waals surface area contributed by atoms with Crippen LogP contribution >= 0.6 is 0 Å².